The Labute approximate surface area is 251 Å². The van der Waals surface area contributed by atoms with Gasteiger partial charge in [0.1, 0.15) is 18.2 Å². The van der Waals surface area contributed by atoms with E-state index in [-0.39, 0.29) is 34.5 Å². The number of carboxylic acid groups (broad SMARTS) is 1. The van der Waals surface area contributed by atoms with Crippen molar-refractivity contribution in [2.45, 2.75) is 56.3 Å². The summed E-state index contributed by atoms with van der Waals surface area (Å²) >= 11 is 0. The maximum absolute atomic E-state index is 14.1. The van der Waals surface area contributed by atoms with Gasteiger partial charge in [0.05, 0.1) is 46.2 Å². The average molecular weight is 630 g/mol. The predicted molar refractivity (Wildman–Crippen MR) is 154 cm³/mol. The first-order chi connectivity index (χ1) is 20.9. The van der Waals surface area contributed by atoms with Crippen LogP contribution in [0.1, 0.15) is 44.9 Å². The van der Waals surface area contributed by atoms with Gasteiger partial charge in [-0.25, -0.2) is 18.2 Å². The molecule has 2 aliphatic rings. The summed E-state index contributed by atoms with van der Waals surface area (Å²) in [6.45, 7) is 2.06. The Balaban J connectivity index is 1.28. The number of nitrogens with zero attached hydrogens (tertiary/aromatic N) is 3. The molecule has 0 amide bonds. The number of fused-ring (bicyclic) bond motifs is 2. The van der Waals surface area contributed by atoms with Crippen LogP contribution in [0.5, 0.6) is 5.75 Å². The molecule has 0 saturated carbocycles. The number of halogens is 3. The lowest BCUT2D eigenvalue weighted by Gasteiger charge is -2.31. The number of carboxylic acids is 1. The number of hydrogen-bond donors (Lipinski definition) is 1. The van der Waals surface area contributed by atoms with E-state index in [0.29, 0.717) is 67.2 Å². The minimum atomic E-state index is -4.67. The molecule has 6 rings (SSSR count). The third kappa shape index (κ3) is 6.17. The van der Waals surface area contributed by atoms with Crippen molar-refractivity contribution >= 4 is 26.8 Å². The quantitative estimate of drug-likeness (QED) is 0.273. The van der Waals surface area contributed by atoms with Gasteiger partial charge in [0.15, 0.2) is 9.84 Å². The number of benzene rings is 3. The van der Waals surface area contributed by atoms with Crippen LogP contribution in [-0.2, 0) is 53.4 Å². The molecular weight excluding hydrogens is 599 g/mol. The van der Waals surface area contributed by atoms with E-state index in [9.17, 15) is 31.5 Å². The van der Waals surface area contributed by atoms with Crippen molar-refractivity contribution in [2.75, 3.05) is 19.4 Å². The fourth-order valence-corrected chi connectivity index (χ4v) is 6.65. The lowest BCUT2D eigenvalue weighted by atomic mass is 9.96. The number of rotatable bonds is 9. The first kappa shape index (κ1) is 30.1. The Morgan fingerprint density at radius 1 is 1.14 bits per heavy atom. The molecule has 0 spiro atoms. The van der Waals surface area contributed by atoms with Gasteiger partial charge < -0.3 is 19.1 Å². The van der Waals surface area contributed by atoms with Gasteiger partial charge in [-0.05, 0) is 60.4 Å². The highest BCUT2D eigenvalue weighted by Crippen LogP contribution is 2.40. The molecular formula is C31H30F3N3O6S. The molecule has 232 valence electrons. The van der Waals surface area contributed by atoms with Gasteiger partial charge in [0.25, 0.3) is 0 Å². The van der Waals surface area contributed by atoms with E-state index in [4.69, 9.17) is 14.5 Å². The number of ether oxygens (including phenoxy) is 2. The van der Waals surface area contributed by atoms with Crippen LogP contribution in [0.4, 0.5) is 13.2 Å². The minimum Gasteiger partial charge on any atom is -0.488 e. The van der Waals surface area contributed by atoms with Crippen LogP contribution >= 0.6 is 0 Å². The predicted octanol–water partition coefficient (Wildman–Crippen LogP) is 5.08. The van der Waals surface area contributed by atoms with E-state index in [1.54, 1.807) is 24.3 Å². The highest BCUT2D eigenvalue weighted by atomic mass is 32.2. The van der Waals surface area contributed by atoms with E-state index in [1.807, 2.05) is 4.57 Å². The first-order valence-corrected chi connectivity index (χ1v) is 16.0. The topological polar surface area (TPSA) is 111 Å². The highest BCUT2D eigenvalue weighted by Gasteiger charge is 2.36. The van der Waals surface area contributed by atoms with Crippen LogP contribution in [0.15, 0.2) is 59.5 Å². The third-order valence-corrected chi connectivity index (χ3v) is 9.27. The first-order valence-electron chi connectivity index (χ1n) is 14.1. The Hall–Kier alpha value is -3.94. The fourth-order valence-electron chi connectivity index (χ4n) is 5.72. The van der Waals surface area contributed by atoms with E-state index >= 15 is 0 Å². The molecule has 1 fully saturated rings. The smallest absolute Gasteiger partial charge is 0.419 e. The molecule has 0 unspecified atom stereocenters. The summed E-state index contributed by atoms with van der Waals surface area (Å²) in [5.74, 6) is -0.691. The molecule has 0 bridgehead atoms. The van der Waals surface area contributed by atoms with E-state index in [0.717, 1.165) is 18.7 Å². The van der Waals surface area contributed by atoms with E-state index in [2.05, 4.69) is 4.90 Å². The summed E-state index contributed by atoms with van der Waals surface area (Å²) < 4.78 is 80.0. The van der Waals surface area contributed by atoms with Crippen LogP contribution in [0.25, 0.3) is 11.0 Å². The van der Waals surface area contributed by atoms with Crippen LogP contribution in [0, 0.1) is 0 Å². The normalized spacial score (nSPS) is 17.3. The van der Waals surface area contributed by atoms with Gasteiger partial charge in [-0.3, -0.25) is 4.90 Å². The molecule has 1 atom stereocenters. The van der Waals surface area contributed by atoms with Gasteiger partial charge in [-0.15, -0.1) is 0 Å². The third-order valence-electron chi connectivity index (χ3n) is 8.07. The van der Waals surface area contributed by atoms with Gasteiger partial charge in [0, 0.05) is 31.5 Å². The zero-order valence-electron chi connectivity index (χ0n) is 23.8. The second-order valence-corrected chi connectivity index (χ2v) is 13.2. The molecule has 2 aliphatic heterocycles. The summed E-state index contributed by atoms with van der Waals surface area (Å²) in [5.41, 5.74) is 2.10. The van der Waals surface area contributed by atoms with Crippen LogP contribution in [0.2, 0.25) is 0 Å². The SMILES string of the molecule is CS(=O)(=O)c1ccccc1COc1cc2c(cc1C(F)(F)F)CCN(Cc1nc3ccc(C(=O)O)cc3n1C[C@@H]1CCO1)C2. The maximum Gasteiger partial charge on any atom is 0.419 e. The van der Waals surface area contributed by atoms with Gasteiger partial charge in [-0.1, -0.05) is 18.2 Å². The number of aromatic nitrogens is 2. The van der Waals surface area contributed by atoms with Gasteiger partial charge >= 0.3 is 12.1 Å². The van der Waals surface area contributed by atoms with E-state index < -0.39 is 27.5 Å². The summed E-state index contributed by atoms with van der Waals surface area (Å²) in [6.07, 6.45) is -2.37. The molecule has 3 aromatic carbocycles. The Morgan fingerprint density at radius 3 is 2.59 bits per heavy atom. The monoisotopic (exact) mass is 629 g/mol. The standard InChI is InChI=1S/C31H30F3N3O6S/c1-44(40,41)28-5-3-2-4-21(28)18-43-27-14-22-15-36(10-8-19(22)12-24(27)31(32,33)34)17-29-35-25-7-6-20(30(38)39)13-26(25)37(29)16-23-9-11-42-23/h2-7,12-14,23H,8-11,15-18H2,1H3,(H,38,39)/t23-/m0/s1. The molecule has 1 aromatic heterocycles. The molecule has 1 saturated heterocycles. The summed E-state index contributed by atoms with van der Waals surface area (Å²) in [7, 11) is -3.61. The lowest BCUT2D eigenvalue weighted by molar-refractivity contribution is -0.139. The Kier molecular flexibility index (Phi) is 7.89. The van der Waals surface area contributed by atoms with Crippen LogP contribution in [0.3, 0.4) is 0 Å². The van der Waals surface area contributed by atoms with Crippen molar-refractivity contribution < 1.29 is 41.0 Å². The second kappa shape index (κ2) is 11.5. The van der Waals surface area contributed by atoms with Crippen molar-refractivity contribution in [3.05, 3.63) is 88.2 Å². The number of carbonyl (C=O) groups is 1. The van der Waals surface area contributed by atoms with Crippen molar-refractivity contribution in [3.63, 3.8) is 0 Å². The molecule has 0 radical (unpaired) electrons. The second-order valence-electron chi connectivity index (χ2n) is 11.2. The number of alkyl halides is 3. The zero-order chi connectivity index (χ0) is 31.2. The number of hydrogen-bond acceptors (Lipinski definition) is 7. The zero-order valence-corrected chi connectivity index (χ0v) is 24.6. The molecule has 1 N–H and O–H groups in total. The van der Waals surface area contributed by atoms with Crippen molar-refractivity contribution in [2.24, 2.45) is 0 Å². The van der Waals surface area contributed by atoms with Gasteiger partial charge in [0.2, 0.25) is 0 Å². The molecule has 4 aromatic rings. The van der Waals surface area contributed by atoms with E-state index in [1.165, 1.54) is 24.3 Å². The molecule has 13 heteroatoms. The van der Waals surface area contributed by atoms with Crippen LogP contribution < -0.4 is 4.74 Å². The largest absolute Gasteiger partial charge is 0.488 e. The Bertz CT molecular complexity index is 1850. The highest BCUT2D eigenvalue weighted by molar-refractivity contribution is 7.90. The van der Waals surface area contributed by atoms with Crippen molar-refractivity contribution in [1.82, 2.24) is 14.5 Å². The number of sulfone groups is 1. The maximum atomic E-state index is 14.1. The number of imidazole rings is 1. The molecule has 9 nitrogen and oxygen atoms in total. The van der Waals surface area contributed by atoms with Crippen LogP contribution in [-0.4, -0.2) is 59.5 Å². The van der Waals surface area contributed by atoms with Gasteiger partial charge in [-0.2, -0.15) is 13.2 Å². The minimum absolute atomic E-state index is 0.00311. The Morgan fingerprint density at radius 2 is 1.91 bits per heavy atom. The summed E-state index contributed by atoms with van der Waals surface area (Å²) in [5, 5.41) is 9.51. The molecule has 3 heterocycles. The van der Waals surface area contributed by atoms with Crippen molar-refractivity contribution in [3.8, 4) is 5.75 Å². The fraction of sp³-hybridized carbons (Fsp3) is 0.355. The number of aromatic carboxylic acids is 1. The summed E-state index contributed by atoms with van der Waals surface area (Å²) in [6, 6.07) is 13.4. The van der Waals surface area contributed by atoms with Crippen molar-refractivity contribution in [1.29, 1.82) is 0 Å². The average Bonchev–Trinajstić information content (AvgIpc) is 3.28. The summed E-state index contributed by atoms with van der Waals surface area (Å²) in [4.78, 5) is 18.5. The lowest BCUT2D eigenvalue weighted by Crippen LogP contribution is -2.34. The molecule has 0 aliphatic carbocycles. The molecule has 44 heavy (non-hydrogen) atoms.